The number of amides is 2. The molecular weight excluding hydrogens is 514 g/mol. The molecule has 2 aromatic rings. The Hall–Kier alpha value is -3.46. The Kier molecular flexibility index (Phi) is 9.43. The van der Waals surface area contributed by atoms with E-state index in [0.29, 0.717) is 16.9 Å². The second-order valence-electron chi connectivity index (χ2n) is 10.1. The molecule has 0 saturated carbocycles. The van der Waals surface area contributed by atoms with Crippen LogP contribution in [0.1, 0.15) is 43.6 Å². The van der Waals surface area contributed by atoms with Crippen LogP contribution >= 0.6 is 11.6 Å². The number of carbonyl (C=O) groups excluding carboxylic acids is 2. The van der Waals surface area contributed by atoms with Gasteiger partial charge in [-0.2, -0.15) is 0 Å². The van der Waals surface area contributed by atoms with E-state index >= 15 is 0 Å². The number of hydrogen-bond donors (Lipinski definition) is 3. The first-order valence-electron chi connectivity index (χ1n) is 11.5. The number of nitro groups is 1. The van der Waals surface area contributed by atoms with Crippen molar-refractivity contribution in [3.05, 3.63) is 74.1 Å². The van der Waals surface area contributed by atoms with Gasteiger partial charge in [0.15, 0.2) is 8.32 Å². The number of hydrogen-bond acceptors (Lipinski definition) is 6. The van der Waals surface area contributed by atoms with E-state index in [-0.39, 0.29) is 21.3 Å². The molecule has 0 radical (unpaired) electrons. The summed E-state index contributed by atoms with van der Waals surface area (Å²) >= 11 is 6.33. The highest BCUT2D eigenvalue weighted by Crippen LogP contribution is 2.38. The molecule has 2 atom stereocenters. The largest absolute Gasteiger partial charge is 0.412 e. The van der Waals surface area contributed by atoms with Gasteiger partial charge in [-0.05, 0) is 55.7 Å². The fraction of sp³-hybridized carbons (Fsp3) is 0.400. The predicted octanol–water partition coefficient (Wildman–Crippen LogP) is 5.76. The molecule has 12 heteroatoms. The lowest BCUT2D eigenvalue weighted by Gasteiger charge is -2.40. The van der Waals surface area contributed by atoms with Crippen LogP contribution in [0.5, 0.6) is 0 Å². The Morgan fingerprint density at radius 3 is 2.24 bits per heavy atom. The molecule has 3 N–H and O–H groups in total. The molecule has 0 aliphatic rings. The first kappa shape index (κ1) is 29.8. The smallest absolute Gasteiger partial charge is 0.269 e. The predicted molar refractivity (Wildman–Crippen MR) is 146 cm³/mol. The summed E-state index contributed by atoms with van der Waals surface area (Å²) in [6.07, 6.45) is -0.601. The Balaban J connectivity index is 2.28. The number of halogens is 1. The van der Waals surface area contributed by atoms with Crippen molar-refractivity contribution >= 4 is 48.8 Å². The fourth-order valence-electron chi connectivity index (χ4n) is 3.19. The number of nitrogens with zero attached hydrogens (tertiary/aromatic N) is 2. The van der Waals surface area contributed by atoms with Crippen LogP contribution in [0, 0.1) is 23.6 Å². The van der Waals surface area contributed by atoms with Crippen LogP contribution in [0.2, 0.25) is 23.2 Å². The molecule has 0 bridgehead atoms. The molecule has 37 heavy (non-hydrogen) atoms. The maximum absolute atomic E-state index is 13.3. The molecule has 2 amide bonds. The van der Waals surface area contributed by atoms with Crippen LogP contribution in [0.4, 0.5) is 17.1 Å². The number of anilines is 1. The molecule has 0 unspecified atom stereocenters. The minimum absolute atomic E-state index is 0.108. The van der Waals surface area contributed by atoms with Gasteiger partial charge < -0.3 is 9.74 Å². The summed E-state index contributed by atoms with van der Waals surface area (Å²) in [5, 5.41) is 14.2. The van der Waals surface area contributed by atoms with Gasteiger partial charge in [0.25, 0.3) is 17.5 Å². The van der Waals surface area contributed by atoms with Gasteiger partial charge in [-0.15, -0.1) is 0 Å². The summed E-state index contributed by atoms with van der Waals surface area (Å²) in [6, 6.07) is 7.30. The zero-order valence-corrected chi connectivity index (χ0v) is 23.7. The van der Waals surface area contributed by atoms with E-state index in [1.165, 1.54) is 24.3 Å². The first-order chi connectivity index (χ1) is 17.1. The molecule has 0 saturated heterocycles. The lowest BCUT2D eigenvalue weighted by molar-refractivity contribution is -0.384. The number of hydrazine groups is 1. The summed E-state index contributed by atoms with van der Waals surface area (Å²) in [7, 11) is -2.27. The second kappa shape index (κ2) is 11.7. The van der Waals surface area contributed by atoms with Crippen molar-refractivity contribution in [2.75, 3.05) is 5.32 Å². The second-order valence-corrected chi connectivity index (χ2v) is 15.3. The number of benzene rings is 2. The molecule has 0 aliphatic carbocycles. The van der Waals surface area contributed by atoms with Gasteiger partial charge in [-0.25, -0.2) is 4.85 Å². The maximum atomic E-state index is 13.3. The molecule has 10 nitrogen and oxygen atoms in total. The van der Waals surface area contributed by atoms with Gasteiger partial charge in [-0.3, -0.25) is 30.6 Å². The van der Waals surface area contributed by atoms with E-state index < -0.39 is 37.2 Å². The van der Waals surface area contributed by atoms with Gasteiger partial charge in [0.05, 0.1) is 22.6 Å². The molecule has 2 rings (SSSR count). The topological polar surface area (TPSA) is 127 Å². The standard InChI is InChI=1S/C25H32ClN5O5Si/c1-15-19(13-14-20(27-6)21(15)26)28-22(16(2)36-37(7,8)25(3,4)5)24(33)30-29-23(32)17-9-11-18(12-10-17)31(34)35/h9-14,16,22,28H,1-5,7-8H3,(H,29,32)(H,30,33)/t16-,22-/m1/s1. The van der Waals surface area contributed by atoms with Crippen molar-refractivity contribution in [3.63, 3.8) is 0 Å². The SMILES string of the molecule is [C-]#[N+]c1ccc(N[C@@H](C(=O)NNC(=O)c2ccc([N+](=O)[O-])cc2)[C@@H](C)O[Si](C)(C)C(C)(C)C)c(C)c1Cl. The summed E-state index contributed by atoms with van der Waals surface area (Å²) in [5.74, 6) is -1.20. The van der Waals surface area contributed by atoms with Crippen molar-refractivity contribution in [2.45, 2.75) is 64.9 Å². The molecule has 0 aliphatic heterocycles. The van der Waals surface area contributed by atoms with Crippen molar-refractivity contribution in [3.8, 4) is 0 Å². The van der Waals surface area contributed by atoms with Gasteiger partial charge in [0, 0.05) is 23.4 Å². The molecule has 0 aromatic heterocycles. The van der Waals surface area contributed by atoms with Crippen LogP contribution < -0.4 is 16.2 Å². The van der Waals surface area contributed by atoms with Crippen LogP contribution in [-0.4, -0.2) is 37.2 Å². The zero-order valence-electron chi connectivity index (χ0n) is 21.9. The lowest BCUT2D eigenvalue weighted by Crippen LogP contribution is -2.55. The quantitative estimate of drug-likeness (QED) is 0.167. The summed E-state index contributed by atoms with van der Waals surface area (Å²) < 4.78 is 6.46. The van der Waals surface area contributed by atoms with Crippen molar-refractivity contribution in [1.29, 1.82) is 0 Å². The Morgan fingerprint density at radius 2 is 1.73 bits per heavy atom. The van der Waals surface area contributed by atoms with E-state index in [2.05, 4.69) is 54.9 Å². The lowest BCUT2D eigenvalue weighted by atomic mass is 10.1. The third-order valence-electron chi connectivity index (χ3n) is 6.48. The minimum atomic E-state index is -2.27. The van der Waals surface area contributed by atoms with E-state index in [0.717, 1.165) is 0 Å². The Labute approximate surface area is 222 Å². The van der Waals surface area contributed by atoms with E-state index in [4.69, 9.17) is 22.6 Å². The molecular formula is C25H32ClN5O5Si. The van der Waals surface area contributed by atoms with Crippen LogP contribution in [-0.2, 0) is 9.22 Å². The van der Waals surface area contributed by atoms with Crippen molar-refractivity contribution in [1.82, 2.24) is 10.9 Å². The average Bonchev–Trinajstić information content (AvgIpc) is 2.82. The summed E-state index contributed by atoms with van der Waals surface area (Å²) in [6.45, 7) is 21.2. The van der Waals surface area contributed by atoms with Crippen LogP contribution in [0.25, 0.3) is 4.85 Å². The number of rotatable bonds is 8. The number of non-ortho nitro benzene ring substituents is 1. The molecule has 2 aromatic carbocycles. The third kappa shape index (κ3) is 7.28. The fourth-order valence-corrected chi connectivity index (χ4v) is 4.82. The number of carbonyl (C=O) groups is 2. The highest BCUT2D eigenvalue weighted by atomic mass is 35.5. The molecule has 0 fully saturated rings. The highest BCUT2D eigenvalue weighted by molar-refractivity contribution is 6.74. The highest BCUT2D eigenvalue weighted by Gasteiger charge is 2.41. The number of nitrogens with one attached hydrogen (secondary N) is 3. The van der Waals surface area contributed by atoms with E-state index in [1.54, 1.807) is 26.0 Å². The monoisotopic (exact) mass is 545 g/mol. The van der Waals surface area contributed by atoms with E-state index in [1.807, 2.05) is 0 Å². The molecule has 0 spiro atoms. The minimum Gasteiger partial charge on any atom is -0.412 e. The third-order valence-corrected chi connectivity index (χ3v) is 11.5. The summed E-state index contributed by atoms with van der Waals surface area (Å²) in [5.41, 5.74) is 6.20. The van der Waals surface area contributed by atoms with Crippen LogP contribution in [0.15, 0.2) is 36.4 Å². The zero-order chi connectivity index (χ0) is 28.1. The van der Waals surface area contributed by atoms with Gasteiger partial charge in [0.1, 0.15) is 6.04 Å². The van der Waals surface area contributed by atoms with Crippen molar-refractivity contribution < 1.29 is 18.9 Å². The molecule has 0 heterocycles. The van der Waals surface area contributed by atoms with Crippen molar-refractivity contribution in [2.24, 2.45) is 0 Å². The van der Waals surface area contributed by atoms with Gasteiger partial charge >= 0.3 is 0 Å². The van der Waals surface area contributed by atoms with Crippen LogP contribution in [0.3, 0.4) is 0 Å². The normalized spacial score (nSPS) is 13.2. The average molecular weight is 546 g/mol. The first-order valence-corrected chi connectivity index (χ1v) is 14.8. The van der Waals surface area contributed by atoms with Gasteiger partial charge in [0.2, 0.25) is 5.69 Å². The Bertz CT molecular complexity index is 1220. The molecule has 198 valence electrons. The van der Waals surface area contributed by atoms with Gasteiger partial charge in [-0.1, -0.05) is 38.4 Å². The maximum Gasteiger partial charge on any atom is 0.269 e. The van der Waals surface area contributed by atoms with E-state index in [9.17, 15) is 19.7 Å². The summed E-state index contributed by atoms with van der Waals surface area (Å²) in [4.78, 5) is 39.5. The Morgan fingerprint density at radius 1 is 1.14 bits per heavy atom. The number of nitro benzene ring substituents is 1.